The van der Waals surface area contributed by atoms with E-state index in [1.807, 2.05) is 0 Å². The number of methoxy groups -OCH3 is 1. The molecular formula is C27H27INO+. The van der Waals surface area contributed by atoms with Crippen LogP contribution in [0.25, 0.3) is 0 Å². The van der Waals surface area contributed by atoms with Crippen LogP contribution in [0.3, 0.4) is 0 Å². The molecule has 1 aliphatic carbocycles. The number of nitrogens with zero attached hydrogens (tertiary/aromatic N) is 1. The molecule has 1 heterocycles. The van der Waals surface area contributed by atoms with E-state index < -0.39 is 0 Å². The van der Waals surface area contributed by atoms with Gasteiger partial charge >= 0.3 is 0 Å². The van der Waals surface area contributed by atoms with Crippen LogP contribution in [0.4, 0.5) is 0 Å². The van der Waals surface area contributed by atoms with E-state index in [-0.39, 0.29) is 0 Å². The van der Waals surface area contributed by atoms with Crippen molar-refractivity contribution in [3.8, 4) is 5.75 Å². The highest BCUT2D eigenvalue weighted by Gasteiger charge is 2.41. The van der Waals surface area contributed by atoms with Gasteiger partial charge in [0.05, 0.1) is 12.7 Å². The number of benzene rings is 3. The summed E-state index contributed by atoms with van der Waals surface area (Å²) in [5.41, 5.74) is 6.83. The summed E-state index contributed by atoms with van der Waals surface area (Å²) < 4.78 is 9.55. The molecule has 152 valence electrons. The van der Waals surface area contributed by atoms with Crippen LogP contribution in [-0.4, -0.2) is 23.4 Å². The number of hydrogen-bond donors (Lipinski definition) is 0. The Hall–Kier alpha value is -2.14. The monoisotopic (exact) mass is 508 g/mol. The number of fused-ring (bicyclic) bond motifs is 1. The predicted octanol–water partition coefficient (Wildman–Crippen LogP) is 6.07. The van der Waals surface area contributed by atoms with Crippen molar-refractivity contribution in [3.05, 3.63) is 98.6 Å². The number of halogens is 1. The first-order chi connectivity index (χ1) is 14.7. The molecule has 0 spiro atoms. The van der Waals surface area contributed by atoms with Gasteiger partial charge in [-0.15, -0.1) is 0 Å². The van der Waals surface area contributed by atoms with Gasteiger partial charge in [-0.05, 0) is 83.5 Å². The highest BCUT2D eigenvalue weighted by molar-refractivity contribution is 14.1. The summed E-state index contributed by atoms with van der Waals surface area (Å²) in [6.45, 7) is 0.953. The SMILES string of the molecule is COc1ccc2c(c1)C[C@H](C1CCC1)[N+](Cc1ccccc1)=C2c1ccc(I)cc1. The van der Waals surface area contributed by atoms with Crippen LogP contribution in [0.5, 0.6) is 5.75 Å². The second kappa shape index (κ2) is 8.54. The number of hydrogen-bond acceptors (Lipinski definition) is 1. The van der Waals surface area contributed by atoms with Gasteiger partial charge in [-0.3, -0.25) is 0 Å². The molecule has 1 atom stereocenters. The molecule has 0 saturated heterocycles. The second-order valence-corrected chi connectivity index (χ2v) is 9.70. The van der Waals surface area contributed by atoms with Crippen LogP contribution in [0, 0.1) is 9.49 Å². The van der Waals surface area contributed by atoms with Gasteiger partial charge in [-0.1, -0.05) is 36.8 Å². The molecule has 0 amide bonds. The van der Waals surface area contributed by atoms with E-state index in [4.69, 9.17) is 4.74 Å². The molecule has 1 saturated carbocycles. The van der Waals surface area contributed by atoms with Crippen molar-refractivity contribution in [3.63, 3.8) is 0 Å². The van der Waals surface area contributed by atoms with Crippen LogP contribution in [0.1, 0.15) is 41.5 Å². The summed E-state index contributed by atoms with van der Waals surface area (Å²) in [5, 5.41) is 0. The Balaban J connectivity index is 1.71. The first kappa shape index (κ1) is 19.8. The summed E-state index contributed by atoms with van der Waals surface area (Å²) in [6, 6.07) is 27.1. The summed E-state index contributed by atoms with van der Waals surface area (Å²) in [7, 11) is 1.76. The van der Waals surface area contributed by atoms with Crippen molar-refractivity contribution in [1.82, 2.24) is 0 Å². The molecule has 5 rings (SSSR count). The van der Waals surface area contributed by atoms with Gasteiger partial charge in [0.2, 0.25) is 5.71 Å². The van der Waals surface area contributed by atoms with Crippen LogP contribution in [0.15, 0.2) is 72.8 Å². The molecule has 0 unspecified atom stereocenters. The summed E-state index contributed by atoms with van der Waals surface area (Å²) in [5.74, 6) is 1.73. The van der Waals surface area contributed by atoms with Crippen LogP contribution in [-0.2, 0) is 13.0 Å². The minimum atomic E-state index is 0.535. The standard InChI is InChI=1S/C27H27INO/c1-30-24-14-15-25-22(16-24)17-26(20-8-5-9-20)29(18-19-6-3-2-4-7-19)27(25)21-10-12-23(28)13-11-21/h2-4,6-7,10-16,20,26H,5,8-9,17-18H2,1H3/q+1/t26-/m1/s1. The lowest BCUT2D eigenvalue weighted by Gasteiger charge is -2.35. The van der Waals surface area contributed by atoms with E-state index >= 15 is 0 Å². The summed E-state index contributed by atoms with van der Waals surface area (Å²) >= 11 is 2.39. The van der Waals surface area contributed by atoms with Crippen LogP contribution >= 0.6 is 22.6 Å². The Bertz CT molecular complexity index is 1070. The molecule has 2 nitrogen and oxygen atoms in total. The summed E-state index contributed by atoms with van der Waals surface area (Å²) in [4.78, 5) is 0. The van der Waals surface area contributed by atoms with Gasteiger partial charge in [-0.2, -0.15) is 0 Å². The fourth-order valence-corrected chi connectivity index (χ4v) is 5.26. The number of rotatable bonds is 5. The zero-order valence-electron chi connectivity index (χ0n) is 17.4. The zero-order chi connectivity index (χ0) is 20.5. The molecule has 0 bridgehead atoms. The van der Waals surface area contributed by atoms with Crippen molar-refractivity contribution < 1.29 is 9.31 Å². The van der Waals surface area contributed by atoms with Crippen molar-refractivity contribution in [2.75, 3.05) is 7.11 Å². The van der Waals surface area contributed by atoms with Crippen molar-refractivity contribution in [2.24, 2.45) is 5.92 Å². The molecular weight excluding hydrogens is 481 g/mol. The molecule has 0 aromatic heterocycles. The predicted molar refractivity (Wildman–Crippen MR) is 131 cm³/mol. The van der Waals surface area contributed by atoms with Gasteiger partial charge in [0, 0.05) is 27.0 Å². The van der Waals surface area contributed by atoms with Crippen molar-refractivity contribution >= 4 is 28.3 Å². The van der Waals surface area contributed by atoms with Crippen LogP contribution < -0.4 is 4.74 Å². The fraction of sp³-hybridized carbons (Fsp3) is 0.296. The molecule has 3 heteroatoms. The minimum absolute atomic E-state index is 0.535. The zero-order valence-corrected chi connectivity index (χ0v) is 19.5. The van der Waals surface area contributed by atoms with E-state index in [0.29, 0.717) is 6.04 Å². The quantitative estimate of drug-likeness (QED) is 0.301. The normalized spacial score (nSPS) is 18.7. The van der Waals surface area contributed by atoms with Gasteiger partial charge in [0.25, 0.3) is 0 Å². The van der Waals surface area contributed by atoms with E-state index in [9.17, 15) is 0 Å². The summed E-state index contributed by atoms with van der Waals surface area (Å²) in [6.07, 6.45) is 5.15. The lowest BCUT2D eigenvalue weighted by atomic mass is 9.74. The molecule has 0 radical (unpaired) electrons. The molecule has 3 aromatic rings. The topological polar surface area (TPSA) is 12.2 Å². The fourth-order valence-electron chi connectivity index (χ4n) is 4.90. The smallest absolute Gasteiger partial charge is 0.215 e. The van der Waals surface area contributed by atoms with Crippen molar-refractivity contribution in [2.45, 2.75) is 38.3 Å². The van der Waals surface area contributed by atoms with E-state index in [2.05, 4.69) is 100.0 Å². The molecule has 30 heavy (non-hydrogen) atoms. The maximum absolute atomic E-state index is 5.57. The third kappa shape index (κ3) is 3.80. The Morgan fingerprint density at radius 2 is 1.73 bits per heavy atom. The third-order valence-corrected chi connectivity index (χ3v) is 7.41. The van der Waals surface area contributed by atoms with Gasteiger partial charge in [0.15, 0.2) is 12.6 Å². The minimum Gasteiger partial charge on any atom is -0.497 e. The molecule has 3 aromatic carbocycles. The highest BCUT2D eigenvalue weighted by atomic mass is 127. The second-order valence-electron chi connectivity index (χ2n) is 8.45. The van der Waals surface area contributed by atoms with Gasteiger partial charge in [0.1, 0.15) is 5.75 Å². The highest BCUT2D eigenvalue weighted by Crippen LogP contribution is 2.37. The third-order valence-electron chi connectivity index (χ3n) is 6.69. The van der Waals surface area contributed by atoms with E-state index in [1.165, 1.54) is 50.8 Å². The lowest BCUT2D eigenvalue weighted by molar-refractivity contribution is -0.592. The Morgan fingerprint density at radius 1 is 0.967 bits per heavy atom. The van der Waals surface area contributed by atoms with Crippen LogP contribution in [0.2, 0.25) is 0 Å². The average Bonchev–Trinajstić information content (AvgIpc) is 2.74. The first-order valence-corrected chi connectivity index (χ1v) is 11.9. The molecule has 0 N–H and O–H groups in total. The number of ether oxygens (including phenoxy) is 1. The Labute approximate surface area is 192 Å². The molecule has 1 aliphatic heterocycles. The lowest BCUT2D eigenvalue weighted by Crippen LogP contribution is -2.45. The first-order valence-electron chi connectivity index (χ1n) is 10.8. The Kier molecular flexibility index (Phi) is 5.64. The van der Waals surface area contributed by atoms with Gasteiger partial charge < -0.3 is 4.74 Å². The Morgan fingerprint density at radius 3 is 2.40 bits per heavy atom. The van der Waals surface area contributed by atoms with Crippen molar-refractivity contribution in [1.29, 1.82) is 0 Å². The van der Waals surface area contributed by atoms with E-state index in [0.717, 1.165) is 24.6 Å². The average molecular weight is 508 g/mol. The molecule has 2 aliphatic rings. The van der Waals surface area contributed by atoms with E-state index in [1.54, 1.807) is 7.11 Å². The largest absolute Gasteiger partial charge is 0.497 e. The molecule has 1 fully saturated rings. The maximum Gasteiger partial charge on any atom is 0.215 e. The van der Waals surface area contributed by atoms with Gasteiger partial charge in [-0.25, -0.2) is 4.58 Å². The maximum atomic E-state index is 5.57.